The fourth-order valence-electron chi connectivity index (χ4n) is 2.89. The highest BCUT2D eigenvalue weighted by Gasteiger charge is 2.43. The Morgan fingerprint density at radius 1 is 1.40 bits per heavy atom. The number of nitrogens with zero attached hydrogens (tertiary/aromatic N) is 1. The number of furan rings is 1. The molecule has 20 heavy (non-hydrogen) atoms. The molecule has 0 spiro atoms. The van der Waals surface area contributed by atoms with Crippen molar-refractivity contribution in [2.45, 2.75) is 45.6 Å². The van der Waals surface area contributed by atoms with Crippen LogP contribution in [-0.4, -0.2) is 28.4 Å². The monoisotopic (exact) mass is 279 g/mol. The predicted octanol–water partition coefficient (Wildman–Crippen LogP) is 2.66. The standard InChI is InChI=1S/C15H21NO4/c1-2-16(11-12-6-5-9-20-12)13(17)10-15(14(18)19)7-3-4-8-15/h5-6,9H,2-4,7-8,10-11H2,1H3,(H,18,19). The molecule has 1 aromatic heterocycles. The lowest BCUT2D eigenvalue weighted by molar-refractivity contribution is -0.153. The number of rotatable bonds is 6. The van der Waals surface area contributed by atoms with Gasteiger partial charge in [0.2, 0.25) is 5.91 Å². The SMILES string of the molecule is CCN(Cc1ccco1)C(=O)CC1(C(=O)O)CCCC1. The first-order chi connectivity index (χ1) is 9.57. The van der Waals surface area contributed by atoms with Gasteiger partial charge < -0.3 is 14.4 Å². The molecule has 0 radical (unpaired) electrons. The van der Waals surface area contributed by atoms with Crippen LogP contribution in [0.4, 0.5) is 0 Å². The fourth-order valence-corrected chi connectivity index (χ4v) is 2.89. The third-order valence-electron chi connectivity index (χ3n) is 4.17. The molecule has 1 aliphatic rings. The first-order valence-corrected chi connectivity index (χ1v) is 7.11. The summed E-state index contributed by atoms with van der Waals surface area (Å²) in [6.45, 7) is 2.84. The van der Waals surface area contributed by atoms with Gasteiger partial charge in [-0.2, -0.15) is 0 Å². The Hall–Kier alpha value is -1.78. The Morgan fingerprint density at radius 2 is 2.10 bits per heavy atom. The van der Waals surface area contributed by atoms with E-state index >= 15 is 0 Å². The maximum atomic E-state index is 12.4. The number of hydrogen-bond donors (Lipinski definition) is 1. The number of aliphatic carboxylic acids is 1. The van der Waals surface area contributed by atoms with Crippen molar-refractivity contribution in [1.29, 1.82) is 0 Å². The molecule has 0 unspecified atom stereocenters. The second kappa shape index (κ2) is 6.11. The zero-order valence-corrected chi connectivity index (χ0v) is 11.8. The van der Waals surface area contributed by atoms with E-state index in [0.29, 0.717) is 25.9 Å². The molecular weight excluding hydrogens is 258 g/mol. The summed E-state index contributed by atoms with van der Waals surface area (Å²) in [5.74, 6) is -0.221. The van der Waals surface area contributed by atoms with Crippen LogP contribution >= 0.6 is 0 Å². The van der Waals surface area contributed by atoms with Crippen molar-refractivity contribution in [1.82, 2.24) is 4.90 Å². The van der Waals surface area contributed by atoms with Crippen molar-refractivity contribution in [3.63, 3.8) is 0 Å². The van der Waals surface area contributed by atoms with Crippen molar-refractivity contribution < 1.29 is 19.1 Å². The van der Waals surface area contributed by atoms with Crippen LogP contribution in [0.5, 0.6) is 0 Å². The second-order valence-electron chi connectivity index (χ2n) is 5.46. The molecule has 1 fully saturated rings. The molecule has 0 saturated heterocycles. The lowest BCUT2D eigenvalue weighted by Gasteiger charge is -2.27. The van der Waals surface area contributed by atoms with E-state index in [4.69, 9.17) is 4.42 Å². The molecule has 110 valence electrons. The van der Waals surface area contributed by atoms with Crippen LogP contribution in [0.25, 0.3) is 0 Å². The molecule has 5 nitrogen and oxygen atoms in total. The van der Waals surface area contributed by atoms with Crippen molar-refractivity contribution in [3.05, 3.63) is 24.2 Å². The number of carboxylic acids is 1. The molecule has 0 bridgehead atoms. The molecule has 0 aliphatic heterocycles. The normalized spacial score (nSPS) is 17.1. The number of carbonyl (C=O) groups excluding carboxylic acids is 1. The van der Waals surface area contributed by atoms with Gasteiger partial charge in [0.05, 0.1) is 18.2 Å². The fraction of sp³-hybridized carbons (Fsp3) is 0.600. The van der Waals surface area contributed by atoms with Gasteiger partial charge in [-0.1, -0.05) is 12.8 Å². The van der Waals surface area contributed by atoms with Gasteiger partial charge in [-0.05, 0) is 31.9 Å². The number of hydrogen-bond acceptors (Lipinski definition) is 3. The van der Waals surface area contributed by atoms with Gasteiger partial charge in [-0.15, -0.1) is 0 Å². The number of carboxylic acid groups (broad SMARTS) is 1. The van der Waals surface area contributed by atoms with E-state index < -0.39 is 11.4 Å². The highest BCUT2D eigenvalue weighted by molar-refractivity contribution is 5.85. The van der Waals surface area contributed by atoms with E-state index in [1.54, 1.807) is 17.2 Å². The van der Waals surface area contributed by atoms with Crippen LogP contribution in [0.15, 0.2) is 22.8 Å². The van der Waals surface area contributed by atoms with Gasteiger partial charge in [0.25, 0.3) is 0 Å². The smallest absolute Gasteiger partial charge is 0.310 e. The summed E-state index contributed by atoms with van der Waals surface area (Å²) in [7, 11) is 0. The largest absolute Gasteiger partial charge is 0.481 e. The summed E-state index contributed by atoms with van der Waals surface area (Å²) < 4.78 is 5.25. The molecule has 1 N–H and O–H groups in total. The van der Waals surface area contributed by atoms with E-state index in [9.17, 15) is 14.7 Å². The first-order valence-electron chi connectivity index (χ1n) is 7.11. The van der Waals surface area contributed by atoms with Crippen molar-refractivity contribution in [3.8, 4) is 0 Å². The van der Waals surface area contributed by atoms with Gasteiger partial charge in [-0.25, -0.2) is 0 Å². The zero-order valence-electron chi connectivity index (χ0n) is 11.8. The summed E-state index contributed by atoms with van der Waals surface area (Å²) in [5, 5.41) is 9.43. The average Bonchev–Trinajstić information content (AvgIpc) is 3.07. The Morgan fingerprint density at radius 3 is 2.60 bits per heavy atom. The number of amides is 1. The van der Waals surface area contributed by atoms with E-state index in [1.807, 2.05) is 13.0 Å². The Balaban J connectivity index is 2.03. The van der Waals surface area contributed by atoms with Crippen LogP contribution < -0.4 is 0 Å². The molecule has 1 saturated carbocycles. The summed E-state index contributed by atoms with van der Waals surface area (Å²) >= 11 is 0. The second-order valence-corrected chi connectivity index (χ2v) is 5.46. The molecule has 0 atom stereocenters. The third kappa shape index (κ3) is 3.03. The lowest BCUT2D eigenvalue weighted by Crippen LogP contribution is -2.38. The van der Waals surface area contributed by atoms with Gasteiger partial charge in [0.1, 0.15) is 5.76 Å². The van der Waals surface area contributed by atoms with Gasteiger partial charge in [0.15, 0.2) is 0 Å². The van der Waals surface area contributed by atoms with Gasteiger partial charge in [-0.3, -0.25) is 9.59 Å². The summed E-state index contributed by atoms with van der Waals surface area (Å²) in [5.41, 5.74) is -0.854. The van der Waals surface area contributed by atoms with Crippen molar-refractivity contribution >= 4 is 11.9 Å². The van der Waals surface area contributed by atoms with Gasteiger partial charge >= 0.3 is 5.97 Å². The summed E-state index contributed by atoms with van der Waals surface area (Å²) in [4.78, 5) is 25.5. The third-order valence-corrected chi connectivity index (χ3v) is 4.17. The highest BCUT2D eigenvalue weighted by atomic mass is 16.4. The summed E-state index contributed by atoms with van der Waals surface area (Å²) in [6.07, 6.45) is 4.66. The quantitative estimate of drug-likeness (QED) is 0.869. The predicted molar refractivity (Wildman–Crippen MR) is 73.0 cm³/mol. The van der Waals surface area contributed by atoms with Crippen LogP contribution in [0.2, 0.25) is 0 Å². The molecule has 1 aliphatic carbocycles. The minimum absolute atomic E-state index is 0.0941. The molecule has 5 heteroatoms. The van der Waals surface area contributed by atoms with E-state index in [1.165, 1.54) is 0 Å². The Kier molecular flexibility index (Phi) is 4.47. The van der Waals surface area contributed by atoms with Crippen molar-refractivity contribution in [2.24, 2.45) is 5.41 Å². The topological polar surface area (TPSA) is 70.8 Å². The zero-order chi connectivity index (χ0) is 14.6. The molecule has 1 aromatic rings. The van der Waals surface area contributed by atoms with E-state index in [0.717, 1.165) is 18.6 Å². The maximum absolute atomic E-state index is 12.4. The summed E-state index contributed by atoms with van der Waals surface area (Å²) in [6, 6.07) is 3.60. The first kappa shape index (κ1) is 14.6. The van der Waals surface area contributed by atoms with Crippen LogP contribution in [0, 0.1) is 5.41 Å². The highest BCUT2D eigenvalue weighted by Crippen LogP contribution is 2.41. The maximum Gasteiger partial charge on any atom is 0.310 e. The molecule has 1 heterocycles. The molecular formula is C15H21NO4. The molecule has 2 rings (SSSR count). The minimum Gasteiger partial charge on any atom is -0.481 e. The van der Waals surface area contributed by atoms with Gasteiger partial charge in [0, 0.05) is 13.0 Å². The average molecular weight is 279 g/mol. The molecule has 1 amide bonds. The van der Waals surface area contributed by atoms with E-state index in [2.05, 4.69) is 0 Å². The minimum atomic E-state index is -0.854. The molecule has 0 aromatic carbocycles. The van der Waals surface area contributed by atoms with Crippen LogP contribution in [0.3, 0.4) is 0 Å². The Bertz CT molecular complexity index is 460. The van der Waals surface area contributed by atoms with Crippen LogP contribution in [0.1, 0.15) is 44.8 Å². The number of carbonyl (C=O) groups is 2. The van der Waals surface area contributed by atoms with Crippen molar-refractivity contribution in [2.75, 3.05) is 6.54 Å². The Labute approximate surface area is 118 Å². The van der Waals surface area contributed by atoms with E-state index in [-0.39, 0.29) is 12.3 Å². The van der Waals surface area contributed by atoms with Crippen LogP contribution in [-0.2, 0) is 16.1 Å². The lowest BCUT2D eigenvalue weighted by atomic mass is 9.82.